The summed E-state index contributed by atoms with van der Waals surface area (Å²) in [6.07, 6.45) is 1.86. The van der Waals surface area contributed by atoms with E-state index in [2.05, 4.69) is 22.9 Å². The van der Waals surface area contributed by atoms with Crippen LogP contribution in [-0.4, -0.2) is 29.5 Å². The molecule has 3 heterocycles. The van der Waals surface area contributed by atoms with E-state index in [-0.39, 0.29) is 0 Å². The van der Waals surface area contributed by atoms with Crippen LogP contribution in [0.15, 0.2) is 36.5 Å². The second kappa shape index (κ2) is 5.00. The van der Waals surface area contributed by atoms with Crippen LogP contribution in [-0.2, 0) is 0 Å². The average molecular weight is 301 g/mol. The van der Waals surface area contributed by atoms with Gasteiger partial charge in [0.1, 0.15) is 11.5 Å². The summed E-state index contributed by atoms with van der Waals surface area (Å²) in [6.45, 7) is 5.37. The lowest BCUT2D eigenvalue weighted by atomic mass is 9.86. The highest BCUT2D eigenvalue weighted by atomic mass is 35.5. The molecule has 4 rings (SSSR count). The van der Waals surface area contributed by atoms with Crippen LogP contribution in [0.4, 0.5) is 0 Å². The minimum Gasteiger partial charge on any atom is -0.455 e. The van der Waals surface area contributed by atoms with Gasteiger partial charge in [-0.2, -0.15) is 0 Å². The molecule has 2 aromatic rings. The number of aromatic nitrogens is 1. The third-order valence-corrected chi connectivity index (χ3v) is 4.82. The van der Waals surface area contributed by atoms with E-state index in [0.29, 0.717) is 16.9 Å². The van der Waals surface area contributed by atoms with E-state index < -0.39 is 0 Å². The van der Waals surface area contributed by atoms with Gasteiger partial charge in [0, 0.05) is 36.1 Å². The number of hydrogen-bond donors (Lipinski definition) is 0. The number of likely N-dealkylation sites (tertiary alicyclic amines) is 1. The van der Waals surface area contributed by atoms with Gasteiger partial charge in [0.25, 0.3) is 0 Å². The lowest BCUT2D eigenvalue weighted by Gasteiger charge is -2.16. The lowest BCUT2D eigenvalue weighted by molar-refractivity contribution is 0.347. The molecular formula is C17H17ClN2O. The summed E-state index contributed by atoms with van der Waals surface area (Å²) in [5, 5.41) is 0.711. The molecule has 2 aliphatic rings. The number of pyridine rings is 1. The fourth-order valence-corrected chi connectivity index (χ4v) is 3.69. The fourth-order valence-electron chi connectivity index (χ4n) is 3.52. The van der Waals surface area contributed by atoms with Crippen molar-refractivity contribution in [2.24, 2.45) is 0 Å². The van der Waals surface area contributed by atoms with Gasteiger partial charge >= 0.3 is 0 Å². The molecule has 1 aromatic carbocycles. The predicted octanol–water partition coefficient (Wildman–Crippen LogP) is 4.04. The molecule has 108 valence electrons. The Kier molecular flexibility index (Phi) is 3.12. The van der Waals surface area contributed by atoms with Crippen molar-refractivity contribution < 1.29 is 4.74 Å². The van der Waals surface area contributed by atoms with Crippen LogP contribution in [0, 0.1) is 0 Å². The normalized spacial score (nSPS) is 23.7. The van der Waals surface area contributed by atoms with Gasteiger partial charge in [-0.3, -0.25) is 4.98 Å². The largest absolute Gasteiger partial charge is 0.455 e. The molecule has 2 aliphatic heterocycles. The fraction of sp³-hybridized carbons (Fsp3) is 0.353. The predicted molar refractivity (Wildman–Crippen MR) is 83.4 cm³/mol. The second-order valence-electron chi connectivity index (χ2n) is 5.74. The zero-order chi connectivity index (χ0) is 14.4. The highest BCUT2D eigenvalue weighted by molar-refractivity contribution is 6.30. The third kappa shape index (κ3) is 2.12. The lowest BCUT2D eigenvalue weighted by Crippen LogP contribution is -2.20. The number of hydrogen-bond acceptors (Lipinski definition) is 3. The van der Waals surface area contributed by atoms with Crippen molar-refractivity contribution in [1.82, 2.24) is 9.88 Å². The van der Waals surface area contributed by atoms with E-state index in [1.807, 2.05) is 30.5 Å². The van der Waals surface area contributed by atoms with Gasteiger partial charge < -0.3 is 9.64 Å². The monoisotopic (exact) mass is 300 g/mol. The Morgan fingerprint density at radius 3 is 2.95 bits per heavy atom. The molecule has 1 saturated heterocycles. The van der Waals surface area contributed by atoms with E-state index >= 15 is 0 Å². The summed E-state index contributed by atoms with van der Waals surface area (Å²) in [4.78, 5) is 7.10. The highest BCUT2D eigenvalue weighted by Gasteiger charge is 2.40. The number of benzene rings is 1. The van der Waals surface area contributed by atoms with Crippen LogP contribution in [0.3, 0.4) is 0 Å². The number of nitrogens with zero attached hydrogens (tertiary/aromatic N) is 2. The molecular weight excluding hydrogens is 284 g/mol. The van der Waals surface area contributed by atoms with Crippen molar-refractivity contribution in [1.29, 1.82) is 0 Å². The van der Waals surface area contributed by atoms with Crippen molar-refractivity contribution in [3.05, 3.63) is 52.8 Å². The molecule has 2 atom stereocenters. The second-order valence-corrected chi connectivity index (χ2v) is 6.17. The Morgan fingerprint density at radius 1 is 1.24 bits per heavy atom. The molecule has 0 radical (unpaired) electrons. The van der Waals surface area contributed by atoms with Crippen molar-refractivity contribution in [2.75, 3.05) is 19.6 Å². The van der Waals surface area contributed by atoms with Crippen LogP contribution in [0.1, 0.15) is 30.0 Å². The van der Waals surface area contributed by atoms with Crippen LogP contribution in [0.5, 0.6) is 11.5 Å². The first-order valence-electron chi connectivity index (χ1n) is 7.41. The van der Waals surface area contributed by atoms with Gasteiger partial charge in [-0.15, -0.1) is 0 Å². The molecule has 0 aliphatic carbocycles. The minimum absolute atomic E-state index is 0.392. The molecule has 21 heavy (non-hydrogen) atoms. The minimum atomic E-state index is 0.392. The Labute approximate surface area is 129 Å². The number of halogens is 1. The first-order chi connectivity index (χ1) is 10.3. The molecule has 0 N–H and O–H groups in total. The first kappa shape index (κ1) is 13.1. The maximum atomic E-state index is 6.15. The molecule has 0 saturated carbocycles. The van der Waals surface area contributed by atoms with Crippen molar-refractivity contribution in [3.8, 4) is 11.5 Å². The molecule has 0 spiro atoms. The third-order valence-electron chi connectivity index (χ3n) is 4.59. The number of fused-ring (bicyclic) bond motifs is 5. The van der Waals surface area contributed by atoms with Gasteiger partial charge in [-0.1, -0.05) is 24.6 Å². The Morgan fingerprint density at radius 2 is 2.10 bits per heavy atom. The summed E-state index contributed by atoms with van der Waals surface area (Å²) in [5.41, 5.74) is 2.32. The Bertz CT molecular complexity index is 688. The summed E-state index contributed by atoms with van der Waals surface area (Å²) < 4.78 is 6.12. The maximum Gasteiger partial charge on any atom is 0.149 e. The molecule has 1 fully saturated rings. The van der Waals surface area contributed by atoms with Gasteiger partial charge in [0.05, 0.1) is 5.69 Å². The molecule has 0 amide bonds. The quantitative estimate of drug-likeness (QED) is 0.794. The molecule has 0 bridgehead atoms. The van der Waals surface area contributed by atoms with Crippen molar-refractivity contribution in [2.45, 2.75) is 18.8 Å². The van der Waals surface area contributed by atoms with Gasteiger partial charge in [-0.05, 0) is 36.4 Å². The average Bonchev–Trinajstić information content (AvgIpc) is 2.87. The molecule has 1 aromatic heterocycles. The first-order valence-corrected chi connectivity index (χ1v) is 7.78. The maximum absolute atomic E-state index is 6.15. The van der Waals surface area contributed by atoms with Gasteiger partial charge in [0.2, 0.25) is 0 Å². The Hall–Kier alpha value is -1.58. The molecule has 0 unspecified atom stereocenters. The van der Waals surface area contributed by atoms with Gasteiger partial charge in [-0.25, -0.2) is 0 Å². The zero-order valence-corrected chi connectivity index (χ0v) is 12.7. The highest BCUT2D eigenvalue weighted by Crippen LogP contribution is 2.49. The Balaban J connectivity index is 1.89. The number of rotatable bonds is 1. The SMILES string of the molecule is CCN1C[C@@H]2c3ncccc3Oc3cc(Cl)ccc3[C@@H]2C1. The summed E-state index contributed by atoms with van der Waals surface area (Å²) in [6, 6.07) is 9.92. The van der Waals surface area contributed by atoms with Crippen LogP contribution in [0.25, 0.3) is 0 Å². The summed E-state index contributed by atoms with van der Waals surface area (Å²) in [7, 11) is 0. The van der Waals surface area contributed by atoms with Crippen LogP contribution >= 0.6 is 11.6 Å². The van der Waals surface area contributed by atoms with E-state index in [9.17, 15) is 0 Å². The summed E-state index contributed by atoms with van der Waals surface area (Å²) >= 11 is 6.15. The van der Waals surface area contributed by atoms with E-state index in [1.165, 1.54) is 5.56 Å². The van der Waals surface area contributed by atoms with E-state index in [1.54, 1.807) is 0 Å². The van der Waals surface area contributed by atoms with Gasteiger partial charge in [0.15, 0.2) is 0 Å². The van der Waals surface area contributed by atoms with E-state index in [0.717, 1.165) is 36.8 Å². The molecule has 3 nitrogen and oxygen atoms in total. The topological polar surface area (TPSA) is 25.4 Å². The number of ether oxygens (including phenoxy) is 1. The van der Waals surface area contributed by atoms with Crippen LogP contribution in [0.2, 0.25) is 5.02 Å². The molecule has 4 heteroatoms. The zero-order valence-electron chi connectivity index (χ0n) is 11.9. The van der Waals surface area contributed by atoms with Crippen molar-refractivity contribution in [3.63, 3.8) is 0 Å². The van der Waals surface area contributed by atoms with Crippen molar-refractivity contribution >= 4 is 11.6 Å². The summed E-state index contributed by atoms with van der Waals surface area (Å²) in [5.74, 6) is 2.56. The van der Waals surface area contributed by atoms with Crippen LogP contribution < -0.4 is 4.74 Å². The number of likely N-dealkylation sites (N-methyl/N-ethyl adjacent to an activating group) is 1. The van der Waals surface area contributed by atoms with E-state index in [4.69, 9.17) is 16.3 Å². The standard InChI is InChI=1S/C17H17ClN2O/c1-2-20-9-13-12-6-5-11(18)8-16(12)21-15-4-3-7-19-17(15)14(13)10-20/h3-8,13-14H,2,9-10H2,1H3/t13-,14-/m0/s1. The smallest absolute Gasteiger partial charge is 0.149 e.